The molecule has 0 aromatic rings. The molecule has 0 saturated heterocycles. The molecular weight excluding hydrogens is 200 g/mol. The molecule has 5 nitrogen and oxygen atoms in total. The molecule has 0 rings (SSSR count). The van der Waals surface area contributed by atoms with Crippen LogP contribution >= 0.6 is 0 Å². The predicted octanol–water partition coefficient (Wildman–Crippen LogP) is 0.909. The number of carbonyl (C=O) groups excluding carboxylic acids is 2. The van der Waals surface area contributed by atoms with E-state index in [9.17, 15) is 9.59 Å². The van der Waals surface area contributed by atoms with E-state index >= 15 is 0 Å². The third-order valence-electron chi connectivity index (χ3n) is 1.51. The van der Waals surface area contributed by atoms with E-state index in [0.29, 0.717) is 19.8 Å². The highest BCUT2D eigenvalue weighted by Gasteiger charge is 2.00. The maximum atomic E-state index is 10.8. The summed E-state index contributed by atoms with van der Waals surface area (Å²) in [5.41, 5.74) is 0. The Morgan fingerprint density at radius 1 is 1.07 bits per heavy atom. The summed E-state index contributed by atoms with van der Waals surface area (Å²) >= 11 is 0. The van der Waals surface area contributed by atoms with E-state index in [-0.39, 0.29) is 18.5 Å². The fourth-order valence-electron chi connectivity index (χ4n) is 0.880. The molecule has 0 aliphatic carbocycles. The van der Waals surface area contributed by atoms with Gasteiger partial charge in [-0.1, -0.05) is 0 Å². The number of ether oxygens (including phenoxy) is 3. The minimum Gasteiger partial charge on any atom is -0.466 e. The quantitative estimate of drug-likeness (QED) is 0.447. The van der Waals surface area contributed by atoms with Crippen LogP contribution in [0.15, 0.2) is 0 Å². The standard InChI is InChI=1S/C10H18O5/c1-3-14-10(12)8-13-6-4-5-7-15-9(2)11/h3-8H2,1-2H3. The van der Waals surface area contributed by atoms with E-state index in [0.717, 1.165) is 12.8 Å². The highest BCUT2D eigenvalue weighted by molar-refractivity contribution is 5.70. The van der Waals surface area contributed by atoms with Gasteiger partial charge in [0.15, 0.2) is 0 Å². The van der Waals surface area contributed by atoms with Crippen LogP contribution in [0.3, 0.4) is 0 Å². The first-order valence-corrected chi connectivity index (χ1v) is 5.03. The Bertz CT molecular complexity index is 190. The zero-order valence-electron chi connectivity index (χ0n) is 9.28. The van der Waals surface area contributed by atoms with Crippen LogP contribution in [0.5, 0.6) is 0 Å². The summed E-state index contributed by atoms with van der Waals surface area (Å²) in [6, 6.07) is 0. The van der Waals surface area contributed by atoms with Gasteiger partial charge in [-0.15, -0.1) is 0 Å². The Kier molecular flexibility index (Phi) is 8.76. The number of unbranched alkanes of at least 4 members (excludes halogenated alkanes) is 1. The monoisotopic (exact) mass is 218 g/mol. The van der Waals surface area contributed by atoms with Crippen molar-refractivity contribution in [2.45, 2.75) is 26.7 Å². The van der Waals surface area contributed by atoms with Gasteiger partial charge in [-0.25, -0.2) is 4.79 Å². The van der Waals surface area contributed by atoms with Crippen LogP contribution in [0.1, 0.15) is 26.7 Å². The van der Waals surface area contributed by atoms with E-state index in [1.165, 1.54) is 6.92 Å². The van der Waals surface area contributed by atoms with Crippen LogP contribution in [0.4, 0.5) is 0 Å². The molecule has 15 heavy (non-hydrogen) atoms. The molecule has 5 heteroatoms. The molecule has 0 heterocycles. The van der Waals surface area contributed by atoms with Gasteiger partial charge in [0.2, 0.25) is 0 Å². The molecule has 0 aromatic heterocycles. The summed E-state index contributed by atoms with van der Waals surface area (Å²) in [6.07, 6.45) is 1.50. The second-order valence-corrected chi connectivity index (χ2v) is 2.90. The second kappa shape index (κ2) is 9.45. The average Bonchev–Trinajstić information content (AvgIpc) is 2.16. The van der Waals surface area contributed by atoms with Gasteiger partial charge < -0.3 is 14.2 Å². The minimum absolute atomic E-state index is 0.0125. The van der Waals surface area contributed by atoms with Gasteiger partial charge in [-0.2, -0.15) is 0 Å². The number of esters is 2. The maximum Gasteiger partial charge on any atom is 0.332 e. The number of carbonyl (C=O) groups is 2. The Morgan fingerprint density at radius 3 is 2.33 bits per heavy atom. The number of hydrogen-bond donors (Lipinski definition) is 0. The maximum absolute atomic E-state index is 10.8. The molecule has 0 saturated carbocycles. The summed E-state index contributed by atoms with van der Waals surface area (Å²) < 4.78 is 14.4. The highest BCUT2D eigenvalue weighted by atomic mass is 16.6. The van der Waals surface area contributed by atoms with Gasteiger partial charge in [-0.3, -0.25) is 4.79 Å². The molecule has 0 radical (unpaired) electrons. The smallest absolute Gasteiger partial charge is 0.332 e. The normalized spacial score (nSPS) is 9.73. The molecule has 0 amide bonds. The Balaban J connectivity index is 3.11. The van der Waals surface area contributed by atoms with E-state index < -0.39 is 0 Å². The van der Waals surface area contributed by atoms with Crippen LogP contribution in [-0.2, 0) is 23.8 Å². The van der Waals surface area contributed by atoms with Gasteiger partial charge in [0.05, 0.1) is 13.2 Å². The second-order valence-electron chi connectivity index (χ2n) is 2.90. The lowest BCUT2D eigenvalue weighted by molar-refractivity contribution is -0.148. The van der Waals surface area contributed by atoms with Crippen molar-refractivity contribution in [3.05, 3.63) is 0 Å². The Hall–Kier alpha value is -1.10. The van der Waals surface area contributed by atoms with Crippen LogP contribution in [0, 0.1) is 0 Å². The first-order chi connectivity index (χ1) is 7.16. The fraction of sp³-hybridized carbons (Fsp3) is 0.800. The fourth-order valence-corrected chi connectivity index (χ4v) is 0.880. The summed E-state index contributed by atoms with van der Waals surface area (Å²) in [5, 5.41) is 0. The first kappa shape index (κ1) is 13.9. The molecule has 0 N–H and O–H groups in total. The van der Waals surface area contributed by atoms with Crippen molar-refractivity contribution < 1.29 is 23.8 Å². The molecule has 0 spiro atoms. The lowest BCUT2D eigenvalue weighted by Gasteiger charge is -2.04. The summed E-state index contributed by atoms with van der Waals surface area (Å²) in [7, 11) is 0. The third-order valence-corrected chi connectivity index (χ3v) is 1.51. The van der Waals surface area contributed by atoms with Crippen LogP contribution < -0.4 is 0 Å². The van der Waals surface area contributed by atoms with Crippen molar-refractivity contribution in [1.82, 2.24) is 0 Å². The van der Waals surface area contributed by atoms with Crippen molar-refractivity contribution in [1.29, 1.82) is 0 Å². The van der Waals surface area contributed by atoms with E-state index in [4.69, 9.17) is 9.47 Å². The lowest BCUT2D eigenvalue weighted by atomic mass is 10.3. The van der Waals surface area contributed by atoms with E-state index in [1.54, 1.807) is 6.92 Å². The van der Waals surface area contributed by atoms with Crippen LogP contribution in [0.2, 0.25) is 0 Å². The molecule has 0 aromatic carbocycles. The molecule has 0 atom stereocenters. The van der Waals surface area contributed by atoms with E-state index in [2.05, 4.69) is 4.74 Å². The van der Waals surface area contributed by atoms with Crippen molar-refractivity contribution in [2.24, 2.45) is 0 Å². The van der Waals surface area contributed by atoms with Crippen molar-refractivity contribution in [3.8, 4) is 0 Å². The number of hydrogen-bond acceptors (Lipinski definition) is 5. The SMILES string of the molecule is CCOC(=O)COCCCCOC(C)=O. The van der Waals surface area contributed by atoms with Gasteiger partial charge in [0, 0.05) is 13.5 Å². The van der Waals surface area contributed by atoms with Gasteiger partial charge in [0.1, 0.15) is 6.61 Å². The predicted molar refractivity (Wildman–Crippen MR) is 53.3 cm³/mol. The summed E-state index contributed by atoms with van der Waals surface area (Å²) in [4.78, 5) is 21.2. The Morgan fingerprint density at radius 2 is 1.73 bits per heavy atom. The first-order valence-electron chi connectivity index (χ1n) is 5.03. The highest BCUT2D eigenvalue weighted by Crippen LogP contribution is 1.92. The van der Waals surface area contributed by atoms with Crippen molar-refractivity contribution in [3.63, 3.8) is 0 Å². The van der Waals surface area contributed by atoms with Crippen molar-refractivity contribution in [2.75, 3.05) is 26.4 Å². The van der Waals surface area contributed by atoms with Crippen LogP contribution in [-0.4, -0.2) is 38.4 Å². The zero-order chi connectivity index (χ0) is 11.5. The largest absolute Gasteiger partial charge is 0.466 e. The third kappa shape index (κ3) is 10.8. The molecule has 0 aliphatic rings. The minimum atomic E-state index is -0.350. The average molecular weight is 218 g/mol. The van der Waals surface area contributed by atoms with Gasteiger partial charge in [-0.05, 0) is 19.8 Å². The molecule has 0 bridgehead atoms. The number of rotatable bonds is 8. The van der Waals surface area contributed by atoms with Gasteiger partial charge >= 0.3 is 11.9 Å². The summed E-state index contributed by atoms with van der Waals surface area (Å²) in [5.74, 6) is -0.625. The summed E-state index contributed by atoms with van der Waals surface area (Å²) in [6.45, 7) is 4.35. The van der Waals surface area contributed by atoms with Crippen molar-refractivity contribution >= 4 is 11.9 Å². The molecule has 88 valence electrons. The van der Waals surface area contributed by atoms with E-state index in [1.807, 2.05) is 0 Å². The van der Waals surface area contributed by atoms with Crippen LogP contribution in [0.25, 0.3) is 0 Å². The van der Waals surface area contributed by atoms with Gasteiger partial charge in [0.25, 0.3) is 0 Å². The molecule has 0 unspecified atom stereocenters. The molecular formula is C10H18O5. The zero-order valence-corrected chi connectivity index (χ0v) is 9.28. The molecule has 0 aliphatic heterocycles. The topological polar surface area (TPSA) is 61.8 Å². The Labute approximate surface area is 89.7 Å². The molecule has 0 fully saturated rings. The lowest BCUT2D eigenvalue weighted by Crippen LogP contribution is -2.13.